The van der Waals surface area contributed by atoms with Crippen LogP contribution in [-0.4, -0.2) is 9.55 Å². The molecular weight excluding hydrogens is 416 g/mol. The molecule has 6 rings (SSSR count). The molecule has 3 nitrogen and oxygen atoms in total. The van der Waals surface area contributed by atoms with Gasteiger partial charge in [-0.1, -0.05) is 81.4 Å². The maximum Gasteiger partial charge on any atom is 0.149 e. The Kier molecular flexibility index (Phi) is 4.66. The number of nitrogens with zero attached hydrogens (tertiary/aromatic N) is 2. The van der Waals surface area contributed by atoms with Crippen molar-refractivity contribution in [3.8, 4) is 28.2 Å². The molecule has 2 aromatic heterocycles. The SMILES string of the molecule is CC(C)(C)c1ccc2occ(-c3nc4ccccc4n3-c3ccc(-c4ccccc4)cc3)c2c1. The van der Waals surface area contributed by atoms with Gasteiger partial charge in [-0.2, -0.15) is 0 Å². The molecule has 0 saturated heterocycles. The van der Waals surface area contributed by atoms with Crippen LogP contribution < -0.4 is 0 Å². The summed E-state index contributed by atoms with van der Waals surface area (Å²) in [7, 11) is 0. The van der Waals surface area contributed by atoms with E-state index in [4.69, 9.17) is 9.40 Å². The smallest absolute Gasteiger partial charge is 0.149 e. The van der Waals surface area contributed by atoms with E-state index in [0.717, 1.165) is 39.1 Å². The molecule has 4 aromatic carbocycles. The summed E-state index contributed by atoms with van der Waals surface area (Å²) in [5.74, 6) is 0.887. The summed E-state index contributed by atoms with van der Waals surface area (Å²) in [6, 6.07) is 33.9. The van der Waals surface area contributed by atoms with Gasteiger partial charge in [0.05, 0.1) is 16.6 Å². The molecular formula is C31H26N2O. The highest BCUT2D eigenvalue weighted by Crippen LogP contribution is 2.37. The largest absolute Gasteiger partial charge is 0.464 e. The number of fused-ring (bicyclic) bond motifs is 2. The fraction of sp³-hybridized carbons (Fsp3) is 0.129. The average molecular weight is 443 g/mol. The second-order valence-electron chi connectivity index (χ2n) is 9.78. The van der Waals surface area contributed by atoms with Crippen molar-refractivity contribution in [3.63, 3.8) is 0 Å². The molecule has 0 amide bonds. The van der Waals surface area contributed by atoms with Crippen LogP contribution in [0.15, 0.2) is 108 Å². The molecule has 0 unspecified atom stereocenters. The van der Waals surface area contributed by atoms with Crippen molar-refractivity contribution in [1.29, 1.82) is 0 Å². The van der Waals surface area contributed by atoms with Gasteiger partial charge < -0.3 is 4.42 Å². The van der Waals surface area contributed by atoms with E-state index in [1.54, 1.807) is 0 Å². The van der Waals surface area contributed by atoms with Gasteiger partial charge in [0.2, 0.25) is 0 Å². The first-order valence-corrected chi connectivity index (χ1v) is 11.6. The van der Waals surface area contributed by atoms with Crippen molar-refractivity contribution >= 4 is 22.0 Å². The van der Waals surface area contributed by atoms with Gasteiger partial charge >= 0.3 is 0 Å². The quantitative estimate of drug-likeness (QED) is 0.275. The van der Waals surface area contributed by atoms with Crippen LogP contribution in [0.5, 0.6) is 0 Å². The number of hydrogen-bond acceptors (Lipinski definition) is 2. The Morgan fingerprint density at radius 2 is 1.44 bits per heavy atom. The Balaban J connectivity index is 1.56. The highest BCUT2D eigenvalue weighted by atomic mass is 16.3. The zero-order valence-electron chi connectivity index (χ0n) is 19.6. The molecule has 2 heterocycles. The summed E-state index contributed by atoms with van der Waals surface area (Å²) in [4.78, 5) is 5.06. The van der Waals surface area contributed by atoms with E-state index in [9.17, 15) is 0 Å². The first kappa shape index (κ1) is 20.5. The Morgan fingerprint density at radius 3 is 2.21 bits per heavy atom. The molecule has 0 saturated carbocycles. The van der Waals surface area contributed by atoms with Gasteiger partial charge in [-0.25, -0.2) is 4.98 Å². The third-order valence-corrected chi connectivity index (χ3v) is 6.47. The summed E-state index contributed by atoms with van der Waals surface area (Å²) >= 11 is 0. The molecule has 0 atom stereocenters. The number of hydrogen-bond donors (Lipinski definition) is 0. The van der Waals surface area contributed by atoms with Gasteiger partial charge in [0.15, 0.2) is 0 Å². The van der Waals surface area contributed by atoms with Gasteiger partial charge in [0.1, 0.15) is 17.7 Å². The summed E-state index contributed by atoms with van der Waals surface area (Å²) in [6.07, 6.45) is 1.84. The Morgan fingerprint density at radius 1 is 0.735 bits per heavy atom. The molecule has 6 aromatic rings. The number of rotatable bonds is 3. The van der Waals surface area contributed by atoms with Crippen molar-refractivity contribution in [1.82, 2.24) is 9.55 Å². The van der Waals surface area contributed by atoms with E-state index in [2.05, 4.69) is 110 Å². The van der Waals surface area contributed by atoms with Crippen LogP contribution in [-0.2, 0) is 5.41 Å². The van der Waals surface area contributed by atoms with Gasteiger partial charge in [0.25, 0.3) is 0 Å². The van der Waals surface area contributed by atoms with Gasteiger partial charge in [-0.05, 0) is 58.5 Å². The maximum absolute atomic E-state index is 5.98. The van der Waals surface area contributed by atoms with E-state index >= 15 is 0 Å². The number of aromatic nitrogens is 2. The average Bonchev–Trinajstić information content (AvgIpc) is 3.45. The lowest BCUT2D eigenvalue weighted by molar-refractivity contribution is 0.589. The van der Waals surface area contributed by atoms with Crippen molar-refractivity contribution in [3.05, 3.63) is 109 Å². The predicted molar refractivity (Wildman–Crippen MR) is 140 cm³/mol. The number of benzene rings is 4. The molecule has 0 spiro atoms. The Labute approximate surface area is 199 Å². The normalized spacial score (nSPS) is 12.0. The van der Waals surface area contributed by atoms with Crippen molar-refractivity contribution < 1.29 is 4.42 Å². The zero-order chi connectivity index (χ0) is 23.3. The van der Waals surface area contributed by atoms with Gasteiger partial charge in [-0.15, -0.1) is 0 Å². The van der Waals surface area contributed by atoms with E-state index in [1.165, 1.54) is 16.7 Å². The molecule has 0 bridgehead atoms. The number of imidazole rings is 1. The van der Waals surface area contributed by atoms with Crippen molar-refractivity contribution in [2.24, 2.45) is 0 Å². The predicted octanol–water partition coefficient (Wildman–Crippen LogP) is 8.40. The molecule has 34 heavy (non-hydrogen) atoms. The fourth-order valence-electron chi connectivity index (χ4n) is 4.57. The topological polar surface area (TPSA) is 31.0 Å². The van der Waals surface area contributed by atoms with Crippen LogP contribution in [0, 0.1) is 0 Å². The standard InChI is InChI=1S/C31H26N2O/c1-31(2,3)23-15-18-29-25(19-23)26(20-34-29)30-32-27-11-7-8-12-28(27)33(30)24-16-13-22(14-17-24)21-9-5-4-6-10-21/h4-20H,1-3H3. The molecule has 0 aliphatic heterocycles. The van der Waals surface area contributed by atoms with Crippen LogP contribution in [0.25, 0.3) is 50.2 Å². The molecule has 0 fully saturated rings. The number of para-hydroxylation sites is 2. The van der Waals surface area contributed by atoms with Gasteiger partial charge in [-0.3, -0.25) is 4.57 Å². The van der Waals surface area contributed by atoms with Crippen LogP contribution in [0.3, 0.4) is 0 Å². The maximum atomic E-state index is 5.98. The van der Waals surface area contributed by atoms with Crippen molar-refractivity contribution in [2.45, 2.75) is 26.2 Å². The molecule has 0 aliphatic rings. The lowest BCUT2D eigenvalue weighted by Crippen LogP contribution is -2.10. The lowest BCUT2D eigenvalue weighted by atomic mass is 9.86. The molecule has 0 N–H and O–H groups in total. The van der Waals surface area contributed by atoms with E-state index in [1.807, 2.05) is 18.4 Å². The summed E-state index contributed by atoms with van der Waals surface area (Å²) < 4.78 is 8.22. The summed E-state index contributed by atoms with van der Waals surface area (Å²) in [6.45, 7) is 6.70. The van der Waals surface area contributed by atoms with Crippen LogP contribution in [0.4, 0.5) is 0 Å². The van der Waals surface area contributed by atoms with Gasteiger partial charge in [0, 0.05) is 11.1 Å². The van der Waals surface area contributed by atoms with Crippen LogP contribution in [0.1, 0.15) is 26.3 Å². The van der Waals surface area contributed by atoms with E-state index in [-0.39, 0.29) is 5.41 Å². The molecule has 0 aliphatic carbocycles. The monoisotopic (exact) mass is 442 g/mol. The molecule has 3 heteroatoms. The second kappa shape index (κ2) is 7.74. The minimum atomic E-state index is 0.0517. The first-order valence-electron chi connectivity index (χ1n) is 11.6. The first-order chi connectivity index (χ1) is 16.5. The fourth-order valence-corrected chi connectivity index (χ4v) is 4.57. The lowest BCUT2D eigenvalue weighted by Gasteiger charge is -2.19. The van der Waals surface area contributed by atoms with Crippen LogP contribution >= 0.6 is 0 Å². The molecule has 0 radical (unpaired) electrons. The summed E-state index contributed by atoms with van der Waals surface area (Å²) in [5.41, 5.74) is 8.72. The Hall–Kier alpha value is -4.11. The minimum absolute atomic E-state index is 0.0517. The number of furan rings is 1. The van der Waals surface area contributed by atoms with Crippen molar-refractivity contribution in [2.75, 3.05) is 0 Å². The zero-order valence-corrected chi connectivity index (χ0v) is 19.6. The Bertz CT molecular complexity index is 1610. The highest BCUT2D eigenvalue weighted by Gasteiger charge is 2.21. The highest BCUT2D eigenvalue weighted by molar-refractivity contribution is 5.95. The third-order valence-electron chi connectivity index (χ3n) is 6.47. The van der Waals surface area contributed by atoms with E-state index in [0.29, 0.717) is 0 Å². The summed E-state index contributed by atoms with van der Waals surface area (Å²) in [5, 5.41) is 1.09. The molecule has 166 valence electrons. The van der Waals surface area contributed by atoms with E-state index < -0.39 is 0 Å². The van der Waals surface area contributed by atoms with Crippen LogP contribution in [0.2, 0.25) is 0 Å². The minimum Gasteiger partial charge on any atom is -0.464 e. The second-order valence-corrected chi connectivity index (χ2v) is 9.78. The third kappa shape index (κ3) is 3.41.